The number of aliphatic carboxylic acids is 1. The van der Waals surface area contributed by atoms with Gasteiger partial charge in [0, 0.05) is 46.2 Å². The number of carboxylic acid groups (broad SMARTS) is 1. The second-order valence-corrected chi connectivity index (χ2v) is 11.3. The topological polar surface area (TPSA) is 135 Å². The molecule has 0 unspecified atom stereocenters. The van der Waals surface area contributed by atoms with Crippen LogP contribution in [0.5, 0.6) is 11.5 Å². The summed E-state index contributed by atoms with van der Waals surface area (Å²) in [6, 6.07) is 21.0. The Morgan fingerprint density at radius 2 is 1.84 bits per heavy atom. The molecular weight excluding hydrogens is 626 g/mol. The predicted octanol–water partition coefficient (Wildman–Crippen LogP) is 6.52. The van der Waals surface area contributed by atoms with Crippen LogP contribution in [0.25, 0.3) is 22.2 Å². The summed E-state index contributed by atoms with van der Waals surface area (Å²) in [5.41, 5.74) is 5.69. The van der Waals surface area contributed by atoms with Crippen molar-refractivity contribution >= 4 is 32.9 Å². The van der Waals surface area contributed by atoms with Gasteiger partial charge in [0.25, 0.3) is 0 Å². The maximum absolute atomic E-state index is 12.1. The van der Waals surface area contributed by atoms with Gasteiger partial charge in [-0.2, -0.15) is 5.26 Å². The average Bonchev–Trinajstić information content (AvgIpc) is 3.55. The largest absolute Gasteiger partial charge is 0.488 e. The molecule has 0 radical (unpaired) electrons. The van der Waals surface area contributed by atoms with Gasteiger partial charge in [0.2, 0.25) is 0 Å². The number of piperidine rings is 1. The first-order chi connectivity index (χ1) is 21.5. The zero-order valence-corrected chi connectivity index (χ0v) is 25.2. The Kier molecular flexibility index (Phi) is 8.81. The van der Waals surface area contributed by atoms with E-state index < -0.39 is 12.0 Å². The summed E-state index contributed by atoms with van der Waals surface area (Å²) in [5, 5.41) is 27.5. The van der Waals surface area contributed by atoms with E-state index in [0.717, 1.165) is 34.0 Å². The van der Waals surface area contributed by atoms with Gasteiger partial charge in [0.1, 0.15) is 36.6 Å². The van der Waals surface area contributed by atoms with E-state index in [1.807, 2.05) is 41.3 Å². The monoisotopic (exact) mass is 653 g/mol. The van der Waals surface area contributed by atoms with Crippen LogP contribution in [-0.4, -0.2) is 43.9 Å². The number of carbonyl (C=O) groups is 1. The standard InChI is InChI=1S/C33H28BrN5O5/c34-30-24(9-6-10-25(30)23-7-2-1-3-8-23)20-43-29-14-28(42-19-22-13-21(15-35)16-36-17-22)26(31-32(29)38-44-37-31)18-39-12-5-4-11-27(39)33(40)41/h1-3,6-10,13-14,16-17,27H,4-5,11-12,18-20H2,(H,40,41)/t27-/m0/s1. The van der Waals surface area contributed by atoms with E-state index in [0.29, 0.717) is 52.2 Å². The molecule has 0 amide bonds. The van der Waals surface area contributed by atoms with Gasteiger partial charge in [0.05, 0.1) is 5.56 Å². The number of ether oxygens (including phenoxy) is 2. The molecule has 3 heterocycles. The first kappa shape index (κ1) is 29.3. The average molecular weight is 655 g/mol. The van der Waals surface area contributed by atoms with Crippen molar-refractivity contribution in [1.29, 1.82) is 5.26 Å². The number of likely N-dealkylation sites (tertiary alicyclic amines) is 1. The van der Waals surface area contributed by atoms with Gasteiger partial charge in [-0.1, -0.05) is 55.0 Å². The van der Waals surface area contributed by atoms with E-state index >= 15 is 0 Å². The third-order valence-electron chi connectivity index (χ3n) is 7.69. The number of halogens is 1. The summed E-state index contributed by atoms with van der Waals surface area (Å²) in [4.78, 5) is 18.1. The van der Waals surface area contributed by atoms with E-state index in [1.54, 1.807) is 18.3 Å². The molecule has 1 aliphatic rings. The van der Waals surface area contributed by atoms with Crippen LogP contribution in [0.15, 0.2) is 82.2 Å². The van der Waals surface area contributed by atoms with Crippen LogP contribution in [0.4, 0.5) is 0 Å². The second kappa shape index (κ2) is 13.2. The molecule has 1 atom stereocenters. The number of hydrogen-bond donors (Lipinski definition) is 1. The van der Waals surface area contributed by atoms with Crippen molar-refractivity contribution in [2.24, 2.45) is 0 Å². The van der Waals surface area contributed by atoms with E-state index in [2.05, 4.69) is 49.4 Å². The maximum Gasteiger partial charge on any atom is 0.320 e. The Morgan fingerprint density at radius 1 is 1.02 bits per heavy atom. The summed E-state index contributed by atoms with van der Waals surface area (Å²) in [6.45, 7) is 1.25. The van der Waals surface area contributed by atoms with Crippen LogP contribution < -0.4 is 9.47 Å². The maximum atomic E-state index is 12.1. The van der Waals surface area contributed by atoms with E-state index in [4.69, 9.17) is 14.1 Å². The Labute approximate surface area is 261 Å². The van der Waals surface area contributed by atoms with Gasteiger partial charge < -0.3 is 14.6 Å². The molecular formula is C33H28BrN5O5. The number of nitrogens with zero attached hydrogens (tertiary/aromatic N) is 5. The molecule has 2 aromatic heterocycles. The Morgan fingerprint density at radius 3 is 2.66 bits per heavy atom. The van der Waals surface area contributed by atoms with Crippen molar-refractivity contribution in [1.82, 2.24) is 20.2 Å². The van der Waals surface area contributed by atoms with Gasteiger partial charge in [-0.15, -0.1) is 0 Å². The number of aromatic nitrogens is 3. The number of fused-ring (bicyclic) bond motifs is 1. The van der Waals surface area contributed by atoms with Crippen molar-refractivity contribution in [3.05, 3.63) is 99.8 Å². The molecule has 6 rings (SSSR count). The van der Waals surface area contributed by atoms with Crippen LogP contribution in [0.2, 0.25) is 0 Å². The van der Waals surface area contributed by atoms with Gasteiger partial charge in [-0.25, -0.2) is 4.63 Å². The van der Waals surface area contributed by atoms with Gasteiger partial charge in [0.15, 0.2) is 11.3 Å². The van der Waals surface area contributed by atoms with Gasteiger partial charge in [-0.05, 0) is 62.8 Å². The van der Waals surface area contributed by atoms with Crippen molar-refractivity contribution in [2.45, 2.75) is 45.1 Å². The molecule has 222 valence electrons. The van der Waals surface area contributed by atoms with Gasteiger partial charge >= 0.3 is 5.97 Å². The molecule has 3 aromatic carbocycles. The SMILES string of the molecule is N#Cc1cncc(COc2cc(OCc3cccc(-c4ccccc4)c3Br)c3nonc3c2CN2CCCC[C@H]2C(=O)O)c1. The molecule has 1 aliphatic heterocycles. The van der Waals surface area contributed by atoms with Crippen LogP contribution in [0, 0.1) is 11.3 Å². The van der Waals surface area contributed by atoms with E-state index in [-0.39, 0.29) is 19.8 Å². The van der Waals surface area contributed by atoms with Crippen LogP contribution >= 0.6 is 15.9 Å². The fourth-order valence-electron chi connectivity index (χ4n) is 5.47. The summed E-state index contributed by atoms with van der Waals surface area (Å²) in [7, 11) is 0. The molecule has 0 saturated carbocycles. The molecule has 1 fully saturated rings. The first-order valence-electron chi connectivity index (χ1n) is 14.2. The minimum atomic E-state index is -0.857. The minimum absolute atomic E-state index is 0.124. The first-order valence-corrected chi connectivity index (χ1v) is 15.0. The molecule has 1 N–H and O–H groups in total. The number of nitriles is 1. The molecule has 0 spiro atoms. The Hall–Kier alpha value is -4.79. The molecule has 44 heavy (non-hydrogen) atoms. The molecule has 0 aliphatic carbocycles. The summed E-state index contributed by atoms with van der Waals surface area (Å²) in [6.07, 6.45) is 5.44. The number of pyridine rings is 1. The van der Waals surface area contributed by atoms with Gasteiger partial charge in [-0.3, -0.25) is 14.7 Å². The third kappa shape index (κ3) is 6.27. The Balaban J connectivity index is 1.34. The molecule has 5 aromatic rings. The highest BCUT2D eigenvalue weighted by Gasteiger charge is 2.31. The fraction of sp³-hybridized carbons (Fsp3) is 0.242. The number of carboxylic acids is 1. The second-order valence-electron chi connectivity index (χ2n) is 10.5. The van der Waals surface area contributed by atoms with Crippen molar-refractivity contribution in [3.63, 3.8) is 0 Å². The van der Waals surface area contributed by atoms with Crippen molar-refractivity contribution < 1.29 is 24.0 Å². The molecule has 11 heteroatoms. The summed E-state index contributed by atoms with van der Waals surface area (Å²) < 4.78 is 18.7. The third-order valence-corrected chi connectivity index (χ3v) is 8.63. The highest BCUT2D eigenvalue weighted by atomic mass is 79.9. The number of benzene rings is 3. The quantitative estimate of drug-likeness (QED) is 0.177. The highest BCUT2D eigenvalue weighted by molar-refractivity contribution is 9.10. The van der Waals surface area contributed by atoms with E-state index in [1.165, 1.54) is 6.20 Å². The zero-order chi connectivity index (χ0) is 30.5. The highest BCUT2D eigenvalue weighted by Crippen LogP contribution is 2.38. The molecule has 10 nitrogen and oxygen atoms in total. The normalized spacial score (nSPS) is 15.1. The van der Waals surface area contributed by atoms with Crippen LogP contribution in [0.3, 0.4) is 0 Å². The number of hydrogen-bond acceptors (Lipinski definition) is 9. The molecule has 0 bridgehead atoms. The van der Waals surface area contributed by atoms with Crippen molar-refractivity contribution in [3.8, 4) is 28.7 Å². The predicted molar refractivity (Wildman–Crippen MR) is 165 cm³/mol. The lowest BCUT2D eigenvalue weighted by Crippen LogP contribution is -2.44. The lowest BCUT2D eigenvalue weighted by Gasteiger charge is -2.33. The van der Waals surface area contributed by atoms with Crippen LogP contribution in [-0.2, 0) is 24.6 Å². The van der Waals surface area contributed by atoms with E-state index in [9.17, 15) is 15.2 Å². The van der Waals surface area contributed by atoms with Crippen molar-refractivity contribution in [2.75, 3.05) is 6.54 Å². The zero-order valence-electron chi connectivity index (χ0n) is 23.6. The molecule has 1 saturated heterocycles. The van der Waals surface area contributed by atoms with Crippen LogP contribution in [0.1, 0.15) is 41.5 Å². The fourth-order valence-corrected chi connectivity index (χ4v) is 6.08. The lowest BCUT2D eigenvalue weighted by molar-refractivity contribution is -0.144. The minimum Gasteiger partial charge on any atom is -0.488 e. The lowest BCUT2D eigenvalue weighted by atomic mass is 10.0. The Bertz CT molecular complexity index is 1840. The summed E-state index contributed by atoms with van der Waals surface area (Å²) in [5.74, 6) is 0.0102. The number of rotatable bonds is 10. The smallest absolute Gasteiger partial charge is 0.320 e. The summed E-state index contributed by atoms with van der Waals surface area (Å²) >= 11 is 3.76.